The Balaban J connectivity index is 2.18. The fourth-order valence-corrected chi connectivity index (χ4v) is 3.37. The molecule has 0 aromatic heterocycles. The Labute approximate surface area is 145 Å². The van der Waals surface area contributed by atoms with Gasteiger partial charge in [0.25, 0.3) is 0 Å². The first-order valence-corrected chi connectivity index (χ1v) is 8.41. The molecule has 0 fully saturated rings. The molecular weight excluding hydrogens is 290 g/mol. The Morgan fingerprint density at radius 1 is 1.12 bits per heavy atom. The Hall–Kier alpha value is -2.59. The van der Waals surface area contributed by atoms with Crippen LogP contribution in [-0.4, -0.2) is 0 Å². The van der Waals surface area contributed by atoms with Crippen molar-refractivity contribution in [3.8, 4) is 6.07 Å². The Bertz CT molecular complexity index is 871. The number of allylic oxidation sites excluding steroid dienone is 3. The van der Waals surface area contributed by atoms with Crippen molar-refractivity contribution in [3.05, 3.63) is 82.4 Å². The summed E-state index contributed by atoms with van der Waals surface area (Å²) in [5.41, 5.74) is 8.77. The molecule has 0 radical (unpaired) electrons. The number of nitriles is 1. The van der Waals surface area contributed by atoms with Crippen molar-refractivity contribution in [2.24, 2.45) is 0 Å². The van der Waals surface area contributed by atoms with Gasteiger partial charge in [0.2, 0.25) is 0 Å². The Kier molecular flexibility index (Phi) is 4.16. The molecule has 1 heteroatoms. The van der Waals surface area contributed by atoms with Crippen molar-refractivity contribution in [1.82, 2.24) is 0 Å². The SMILES string of the molecule is C/C(=C/C#N)c1ccc2c(c1)C(c1ccc(C)cc1)=CCC2(C)C. The monoisotopic (exact) mass is 313 g/mol. The molecular formula is C23H23N. The number of aryl methyl sites for hydroxylation is 1. The molecule has 0 unspecified atom stereocenters. The fraction of sp³-hybridized carbons (Fsp3) is 0.261. The largest absolute Gasteiger partial charge is 0.193 e. The highest BCUT2D eigenvalue weighted by Gasteiger charge is 2.28. The minimum absolute atomic E-state index is 0.134. The van der Waals surface area contributed by atoms with Gasteiger partial charge in [-0.3, -0.25) is 0 Å². The summed E-state index contributed by atoms with van der Waals surface area (Å²) in [4.78, 5) is 0. The van der Waals surface area contributed by atoms with Crippen LogP contribution >= 0.6 is 0 Å². The van der Waals surface area contributed by atoms with Crippen LogP contribution in [0, 0.1) is 18.3 Å². The first-order valence-electron chi connectivity index (χ1n) is 8.41. The average Bonchev–Trinajstić information content (AvgIpc) is 2.56. The van der Waals surface area contributed by atoms with E-state index < -0.39 is 0 Å². The van der Waals surface area contributed by atoms with Crippen LogP contribution in [0.3, 0.4) is 0 Å². The highest BCUT2D eigenvalue weighted by atomic mass is 14.3. The average molecular weight is 313 g/mol. The zero-order valence-corrected chi connectivity index (χ0v) is 14.9. The van der Waals surface area contributed by atoms with E-state index in [0.717, 1.165) is 17.6 Å². The van der Waals surface area contributed by atoms with Crippen molar-refractivity contribution in [1.29, 1.82) is 5.26 Å². The van der Waals surface area contributed by atoms with Gasteiger partial charge in [-0.15, -0.1) is 0 Å². The maximum Gasteiger partial charge on any atom is 0.0915 e. The quantitative estimate of drug-likeness (QED) is 0.620. The first kappa shape index (κ1) is 16.3. The molecule has 3 rings (SSSR count). The lowest BCUT2D eigenvalue weighted by molar-refractivity contribution is 0.527. The van der Waals surface area contributed by atoms with E-state index in [4.69, 9.17) is 5.26 Å². The minimum Gasteiger partial charge on any atom is -0.193 e. The van der Waals surface area contributed by atoms with Crippen LogP contribution in [0.1, 0.15) is 55.0 Å². The van der Waals surface area contributed by atoms with Gasteiger partial charge in [-0.2, -0.15) is 5.26 Å². The number of benzene rings is 2. The van der Waals surface area contributed by atoms with Gasteiger partial charge in [0.15, 0.2) is 0 Å². The van der Waals surface area contributed by atoms with Crippen molar-refractivity contribution in [2.45, 2.75) is 39.5 Å². The van der Waals surface area contributed by atoms with Crippen molar-refractivity contribution < 1.29 is 0 Å². The highest BCUT2D eigenvalue weighted by Crippen LogP contribution is 2.42. The second-order valence-electron chi connectivity index (χ2n) is 7.29. The third kappa shape index (κ3) is 2.93. The van der Waals surface area contributed by atoms with E-state index in [-0.39, 0.29) is 5.41 Å². The van der Waals surface area contributed by atoms with Gasteiger partial charge in [-0.25, -0.2) is 0 Å². The van der Waals surface area contributed by atoms with Crippen LogP contribution in [0.15, 0.2) is 54.6 Å². The van der Waals surface area contributed by atoms with Crippen molar-refractivity contribution >= 4 is 11.1 Å². The molecule has 0 saturated heterocycles. The summed E-state index contributed by atoms with van der Waals surface area (Å²) in [5.74, 6) is 0. The topological polar surface area (TPSA) is 23.8 Å². The molecule has 120 valence electrons. The normalized spacial score (nSPS) is 16.1. The molecule has 0 atom stereocenters. The lowest BCUT2D eigenvalue weighted by Crippen LogP contribution is -2.22. The van der Waals surface area contributed by atoms with Gasteiger partial charge in [0, 0.05) is 6.08 Å². The van der Waals surface area contributed by atoms with E-state index >= 15 is 0 Å². The molecule has 0 heterocycles. The van der Waals surface area contributed by atoms with Gasteiger partial charge in [0.1, 0.15) is 0 Å². The molecule has 0 aliphatic heterocycles. The lowest BCUT2D eigenvalue weighted by atomic mass is 9.71. The lowest BCUT2D eigenvalue weighted by Gasteiger charge is -2.32. The summed E-state index contributed by atoms with van der Waals surface area (Å²) in [6, 6.07) is 17.5. The van der Waals surface area contributed by atoms with Crippen LogP contribution < -0.4 is 0 Å². The second-order valence-corrected chi connectivity index (χ2v) is 7.29. The summed E-state index contributed by atoms with van der Waals surface area (Å²) in [7, 11) is 0. The van der Waals surface area contributed by atoms with Crippen molar-refractivity contribution in [3.63, 3.8) is 0 Å². The second kappa shape index (κ2) is 6.13. The number of hydrogen-bond acceptors (Lipinski definition) is 1. The zero-order valence-electron chi connectivity index (χ0n) is 14.9. The Morgan fingerprint density at radius 2 is 1.83 bits per heavy atom. The molecule has 2 aromatic carbocycles. The molecule has 1 aliphatic carbocycles. The van der Waals surface area contributed by atoms with Crippen molar-refractivity contribution in [2.75, 3.05) is 0 Å². The standard InChI is InChI=1S/C23H23N/c1-16-5-7-18(8-6-16)20-11-13-23(3,4)22-10-9-19(15-21(20)22)17(2)12-14-24/h5-12,15H,13H2,1-4H3/b17-12-. The van der Waals surface area contributed by atoms with Gasteiger partial charge >= 0.3 is 0 Å². The summed E-state index contributed by atoms with van der Waals surface area (Å²) >= 11 is 0. The van der Waals surface area contributed by atoms with Crippen LogP contribution in [-0.2, 0) is 5.41 Å². The van der Waals surface area contributed by atoms with Gasteiger partial charge in [-0.05, 0) is 65.1 Å². The molecule has 1 aliphatic rings. The number of rotatable bonds is 2. The molecule has 0 spiro atoms. The van der Waals surface area contributed by atoms with Gasteiger partial charge < -0.3 is 0 Å². The summed E-state index contributed by atoms with van der Waals surface area (Å²) in [5, 5.41) is 8.94. The van der Waals surface area contributed by atoms with Crippen LogP contribution in [0.4, 0.5) is 0 Å². The molecule has 24 heavy (non-hydrogen) atoms. The molecule has 0 N–H and O–H groups in total. The third-order valence-corrected chi connectivity index (χ3v) is 4.95. The predicted octanol–water partition coefficient (Wildman–Crippen LogP) is 6.03. The predicted molar refractivity (Wildman–Crippen MR) is 102 cm³/mol. The summed E-state index contributed by atoms with van der Waals surface area (Å²) < 4.78 is 0. The van der Waals surface area contributed by atoms with E-state index in [2.05, 4.69) is 75.4 Å². The minimum atomic E-state index is 0.134. The highest BCUT2D eigenvalue weighted by molar-refractivity contribution is 5.85. The number of hydrogen-bond donors (Lipinski definition) is 0. The van der Waals surface area contributed by atoms with Crippen LogP contribution in [0.5, 0.6) is 0 Å². The molecule has 0 bridgehead atoms. The van der Waals surface area contributed by atoms with Gasteiger partial charge in [-0.1, -0.05) is 61.9 Å². The summed E-state index contributed by atoms with van der Waals surface area (Å²) in [6.45, 7) is 8.70. The maximum absolute atomic E-state index is 8.94. The maximum atomic E-state index is 8.94. The number of fused-ring (bicyclic) bond motifs is 1. The number of nitrogens with zero attached hydrogens (tertiary/aromatic N) is 1. The third-order valence-electron chi connectivity index (χ3n) is 4.95. The first-order chi connectivity index (χ1) is 11.4. The van der Waals surface area contributed by atoms with E-state index in [1.165, 1.54) is 27.8 Å². The van der Waals surface area contributed by atoms with E-state index in [1.807, 2.05) is 6.92 Å². The van der Waals surface area contributed by atoms with E-state index in [1.54, 1.807) is 6.08 Å². The van der Waals surface area contributed by atoms with E-state index in [0.29, 0.717) is 0 Å². The molecule has 0 amide bonds. The fourth-order valence-electron chi connectivity index (χ4n) is 3.37. The van der Waals surface area contributed by atoms with Crippen LogP contribution in [0.2, 0.25) is 0 Å². The molecule has 2 aromatic rings. The van der Waals surface area contributed by atoms with Gasteiger partial charge in [0.05, 0.1) is 6.07 Å². The molecule has 1 nitrogen and oxygen atoms in total. The van der Waals surface area contributed by atoms with Crippen LogP contribution in [0.25, 0.3) is 11.1 Å². The molecule has 0 saturated carbocycles. The smallest absolute Gasteiger partial charge is 0.0915 e. The van der Waals surface area contributed by atoms with E-state index in [9.17, 15) is 0 Å². The summed E-state index contributed by atoms with van der Waals surface area (Å²) in [6.07, 6.45) is 5.01. The zero-order chi connectivity index (χ0) is 17.3. The Morgan fingerprint density at radius 3 is 2.50 bits per heavy atom.